The van der Waals surface area contributed by atoms with Gasteiger partial charge in [0, 0.05) is 20.8 Å². The van der Waals surface area contributed by atoms with Crippen LogP contribution in [0.3, 0.4) is 0 Å². The molecule has 0 unspecified atom stereocenters. The van der Waals surface area contributed by atoms with Gasteiger partial charge in [-0.25, -0.2) is 4.79 Å². The van der Waals surface area contributed by atoms with Gasteiger partial charge in [0.25, 0.3) is 5.79 Å². The summed E-state index contributed by atoms with van der Waals surface area (Å²) in [4.78, 5) is 45.9. The van der Waals surface area contributed by atoms with Gasteiger partial charge in [-0.3, -0.25) is 14.4 Å². The maximum Gasteiger partial charge on any atom is 0.364 e. The lowest BCUT2D eigenvalue weighted by molar-refractivity contribution is -0.284. The SMILES string of the molecule is CC(=O)N[C@H]([C@@H]1O[C@](O)(C(=O)O)C[C@H](OC(C)=O)[C@@H]1NC(C)=O)[C@H](C)O. The minimum atomic E-state index is -2.74. The molecule has 5 N–H and O–H groups in total. The van der Waals surface area contributed by atoms with Crippen LogP contribution in [-0.2, 0) is 28.7 Å². The highest BCUT2D eigenvalue weighted by Gasteiger charge is 2.55. The van der Waals surface area contributed by atoms with E-state index in [0.717, 1.165) is 6.92 Å². The maximum absolute atomic E-state index is 11.6. The van der Waals surface area contributed by atoms with Crippen molar-refractivity contribution in [1.82, 2.24) is 10.6 Å². The smallest absolute Gasteiger partial charge is 0.364 e. The Balaban J connectivity index is 3.38. The number of amides is 2. The first-order valence-corrected chi connectivity index (χ1v) is 7.90. The van der Waals surface area contributed by atoms with E-state index in [4.69, 9.17) is 9.47 Å². The molecule has 0 radical (unpaired) electrons. The van der Waals surface area contributed by atoms with Gasteiger partial charge in [-0.1, -0.05) is 0 Å². The predicted octanol–water partition coefficient (Wildman–Crippen LogP) is -2.13. The topological polar surface area (TPSA) is 171 Å². The molecule has 6 atom stereocenters. The third kappa shape index (κ3) is 5.38. The van der Waals surface area contributed by atoms with Crippen LogP contribution in [0, 0.1) is 0 Å². The Morgan fingerprint density at radius 1 is 1.19 bits per heavy atom. The highest BCUT2D eigenvalue weighted by molar-refractivity contribution is 5.77. The molecule has 1 heterocycles. The molecule has 0 aliphatic carbocycles. The van der Waals surface area contributed by atoms with Gasteiger partial charge in [0.1, 0.15) is 12.2 Å². The fourth-order valence-corrected chi connectivity index (χ4v) is 2.84. The number of hydrogen-bond donors (Lipinski definition) is 5. The van der Waals surface area contributed by atoms with Gasteiger partial charge in [-0.05, 0) is 6.92 Å². The molecule has 0 spiro atoms. The van der Waals surface area contributed by atoms with E-state index in [1.54, 1.807) is 0 Å². The minimum Gasteiger partial charge on any atom is -0.477 e. The molecule has 11 nitrogen and oxygen atoms in total. The van der Waals surface area contributed by atoms with Crippen LogP contribution in [0.1, 0.15) is 34.1 Å². The summed E-state index contributed by atoms with van der Waals surface area (Å²) >= 11 is 0. The molecule has 1 fully saturated rings. The number of esters is 1. The average molecular weight is 376 g/mol. The molecule has 1 saturated heterocycles. The summed E-state index contributed by atoms with van der Waals surface area (Å²) in [5.74, 6) is -6.37. The molecular weight excluding hydrogens is 352 g/mol. The van der Waals surface area contributed by atoms with Gasteiger partial charge in [0.05, 0.1) is 24.6 Å². The van der Waals surface area contributed by atoms with E-state index in [1.165, 1.54) is 20.8 Å². The van der Waals surface area contributed by atoms with Crippen molar-refractivity contribution in [3.63, 3.8) is 0 Å². The zero-order valence-electron chi connectivity index (χ0n) is 14.9. The lowest BCUT2D eigenvalue weighted by atomic mass is 9.87. The molecule has 1 aliphatic heterocycles. The second kappa shape index (κ2) is 8.43. The summed E-state index contributed by atoms with van der Waals surface area (Å²) in [6, 6.07) is -2.32. The van der Waals surface area contributed by atoms with Crippen LogP contribution < -0.4 is 10.6 Å². The van der Waals surface area contributed by atoms with Crippen molar-refractivity contribution in [3.05, 3.63) is 0 Å². The lowest BCUT2D eigenvalue weighted by Gasteiger charge is -2.46. The van der Waals surface area contributed by atoms with Gasteiger partial charge in [0.2, 0.25) is 11.8 Å². The number of rotatable bonds is 6. The number of ether oxygens (including phenoxy) is 2. The summed E-state index contributed by atoms with van der Waals surface area (Å²) in [5, 5.41) is 34.4. The van der Waals surface area contributed by atoms with Crippen LogP contribution in [-0.4, -0.2) is 75.3 Å². The Morgan fingerprint density at radius 3 is 2.15 bits per heavy atom. The summed E-state index contributed by atoms with van der Waals surface area (Å²) in [7, 11) is 0. The lowest BCUT2D eigenvalue weighted by Crippen LogP contribution is -2.69. The number of nitrogens with one attached hydrogen (secondary N) is 2. The van der Waals surface area contributed by atoms with Gasteiger partial charge in [-0.2, -0.15) is 0 Å². The van der Waals surface area contributed by atoms with Crippen molar-refractivity contribution in [3.8, 4) is 0 Å². The number of carboxylic acids is 1. The zero-order chi connectivity index (χ0) is 20.2. The fourth-order valence-electron chi connectivity index (χ4n) is 2.84. The molecule has 1 rings (SSSR count). The third-order valence-electron chi connectivity index (χ3n) is 3.83. The Bertz CT molecular complexity index is 579. The molecule has 11 heteroatoms. The Morgan fingerprint density at radius 2 is 1.77 bits per heavy atom. The number of carbonyl (C=O) groups is 4. The van der Waals surface area contributed by atoms with Crippen LogP contribution in [0.15, 0.2) is 0 Å². The van der Waals surface area contributed by atoms with Gasteiger partial charge < -0.3 is 35.4 Å². The Labute approximate surface area is 149 Å². The second-order valence-electron chi connectivity index (χ2n) is 6.22. The molecule has 1 aliphatic rings. The van der Waals surface area contributed by atoms with Crippen molar-refractivity contribution < 1.29 is 44.0 Å². The normalized spacial score (nSPS) is 30.6. The first kappa shape index (κ1) is 21.8. The van der Waals surface area contributed by atoms with Crippen molar-refractivity contribution in [2.45, 2.75) is 70.3 Å². The Hall–Kier alpha value is -2.24. The van der Waals surface area contributed by atoms with Crippen LogP contribution in [0.5, 0.6) is 0 Å². The standard InChI is InChI=1S/C15H24N2O9/c1-6(18)11(16-7(2)19)13-12(17-8(3)20)10(25-9(4)21)5-15(24,26-13)14(22)23/h6,10-13,18,24H,5H2,1-4H3,(H,16,19)(H,17,20)(H,22,23)/t6-,10-,11-,12-,13-,15-/m0/s1. The molecule has 0 aromatic carbocycles. The van der Waals surface area contributed by atoms with Crippen LogP contribution >= 0.6 is 0 Å². The molecule has 0 bridgehead atoms. The highest BCUT2D eigenvalue weighted by atomic mass is 16.7. The number of hydrogen-bond acceptors (Lipinski definition) is 8. The van der Waals surface area contributed by atoms with E-state index in [0.29, 0.717) is 0 Å². The van der Waals surface area contributed by atoms with E-state index in [2.05, 4.69) is 10.6 Å². The van der Waals surface area contributed by atoms with Crippen LogP contribution in [0.4, 0.5) is 0 Å². The second-order valence-corrected chi connectivity index (χ2v) is 6.22. The van der Waals surface area contributed by atoms with Crippen molar-refractivity contribution in [2.24, 2.45) is 0 Å². The summed E-state index contributed by atoms with van der Waals surface area (Å²) in [6.45, 7) is 4.73. The molecule has 2 amide bonds. The minimum absolute atomic E-state index is 0.548. The van der Waals surface area contributed by atoms with Crippen molar-refractivity contribution in [1.29, 1.82) is 0 Å². The summed E-state index contributed by atoms with van der Waals surface area (Å²) < 4.78 is 10.3. The van der Waals surface area contributed by atoms with Gasteiger partial charge >= 0.3 is 11.9 Å². The molecule has 0 aromatic heterocycles. The molecule has 148 valence electrons. The van der Waals surface area contributed by atoms with E-state index in [-0.39, 0.29) is 0 Å². The zero-order valence-corrected chi connectivity index (χ0v) is 14.9. The van der Waals surface area contributed by atoms with Gasteiger partial charge in [-0.15, -0.1) is 0 Å². The van der Waals surface area contributed by atoms with Crippen LogP contribution in [0.25, 0.3) is 0 Å². The first-order valence-electron chi connectivity index (χ1n) is 7.90. The first-order chi connectivity index (χ1) is 11.9. The molecule has 0 aromatic rings. The molecule has 0 saturated carbocycles. The van der Waals surface area contributed by atoms with Crippen LogP contribution in [0.2, 0.25) is 0 Å². The Kier molecular flexibility index (Phi) is 7.07. The summed E-state index contributed by atoms with van der Waals surface area (Å²) in [5.41, 5.74) is 0. The largest absolute Gasteiger partial charge is 0.477 e. The van der Waals surface area contributed by atoms with Crippen molar-refractivity contribution >= 4 is 23.8 Å². The third-order valence-corrected chi connectivity index (χ3v) is 3.83. The number of aliphatic hydroxyl groups excluding tert-OH is 1. The molecular formula is C15H24N2O9. The average Bonchev–Trinajstić information content (AvgIpc) is 2.46. The van der Waals surface area contributed by atoms with E-state index >= 15 is 0 Å². The number of aliphatic hydroxyl groups is 2. The molecule has 26 heavy (non-hydrogen) atoms. The number of carbonyl (C=O) groups excluding carboxylic acids is 3. The monoisotopic (exact) mass is 376 g/mol. The summed E-state index contributed by atoms with van der Waals surface area (Å²) in [6.07, 6.45) is -4.57. The van der Waals surface area contributed by atoms with E-state index in [9.17, 15) is 34.5 Å². The predicted molar refractivity (Wildman–Crippen MR) is 84.5 cm³/mol. The van der Waals surface area contributed by atoms with E-state index in [1.807, 2.05) is 0 Å². The maximum atomic E-state index is 11.6. The number of carboxylic acid groups (broad SMARTS) is 1. The fraction of sp³-hybridized carbons (Fsp3) is 0.733. The number of aliphatic carboxylic acids is 1. The van der Waals surface area contributed by atoms with Gasteiger partial charge in [0.15, 0.2) is 0 Å². The van der Waals surface area contributed by atoms with E-state index < -0.39 is 66.4 Å². The quantitative estimate of drug-likeness (QED) is 0.325. The highest BCUT2D eigenvalue weighted by Crippen LogP contribution is 2.32. The van der Waals surface area contributed by atoms with Crippen molar-refractivity contribution in [2.75, 3.05) is 0 Å².